The molecule has 17 heavy (non-hydrogen) atoms. The highest BCUT2D eigenvalue weighted by atomic mass is 32.2. The molecule has 0 aliphatic carbocycles. The highest BCUT2D eigenvalue weighted by molar-refractivity contribution is 7.99. The molecule has 2 rings (SSSR count). The lowest BCUT2D eigenvalue weighted by atomic mass is 10.1. The number of thioether (sulfide) groups is 1. The average molecular weight is 250 g/mol. The van der Waals surface area contributed by atoms with E-state index in [4.69, 9.17) is 5.73 Å². The van der Waals surface area contributed by atoms with Gasteiger partial charge in [0.2, 0.25) is 0 Å². The molecule has 0 unspecified atom stereocenters. The van der Waals surface area contributed by atoms with Crippen LogP contribution in [-0.2, 0) is 0 Å². The molecule has 0 bridgehead atoms. The zero-order valence-electron chi connectivity index (χ0n) is 10.4. The third kappa shape index (κ3) is 2.66. The van der Waals surface area contributed by atoms with Crippen molar-refractivity contribution >= 4 is 34.0 Å². The summed E-state index contributed by atoms with van der Waals surface area (Å²) in [5.41, 5.74) is 8.73. The molecule has 1 aromatic heterocycles. The van der Waals surface area contributed by atoms with Gasteiger partial charge >= 0.3 is 0 Å². The molecule has 0 aliphatic heterocycles. The van der Waals surface area contributed by atoms with Crippen LogP contribution in [0, 0.1) is 0 Å². The minimum Gasteiger partial charge on any atom is -0.397 e. The Hall–Kier alpha value is -1.36. The first-order valence-corrected chi connectivity index (χ1v) is 6.76. The van der Waals surface area contributed by atoms with Gasteiger partial charge in [0.15, 0.2) is 0 Å². The average Bonchev–Trinajstić information content (AvgIpc) is 2.73. The predicted octanol–water partition coefficient (Wildman–Crippen LogP) is 2.70. The van der Waals surface area contributed by atoms with Crippen LogP contribution in [0.15, 0.2) is 18.3 Å². The van der Waals surface area contributed by atoms with Crippen molar-refractivity contribution in [3.8, 4) is 0 Å². The Bertz CT molecular complexity index is 518. The van der Waals surface area contributed by atoms with Crippen molar-refractivity contribution in [3.63, 3.8) is 0 Å². The third-order valence-electron chi connectivity index (χ3n) is 2.87. The van der Waals surface area contributed by atoms with Crippen molar-refractivity contribution in [1.29, 1.82) is 0 Å². The maximum Gasteiger partial charge on any atom is 0.0672 e. The molecule has 0 atom stereocenters. The maximum atomic E-state index is 6.01. The van der Waals surface area contributed by atoms with Gasteiger partial charge in [-0.05, 0) is 32.2 Å². The maximum absolute atomic E-state index is 6.01. The van der Waals surface area contributed by atoms with E-state index in [9.17, 15) is 0 Å². The number of rotatable bonds is 4. The van der Waals surface area contributed by atoms with Crippen LogP contribution >= 0.6 is 11.8 Å². The van der Waals surface area contributed by atoms with Crippen LogP contribution in [0.25, 0.3) is 10.9 Å². The van der Waals surface area contributed by atoms with E-state index in [1.54, 1.807) is 6.20 Å². The lowest BCUT2D eigenvalue weighted by Crippen LogP contribution is -2.26. The van der Waals surface area contributed by atoms with Gasteiger partial charge in [0.1, 0.15) is 0 Å². The number of aromatic amines is 1. The van der Waals surface area contributed by atoms with Crippen molar-refractivity contribution in [3.05, 3.63) is 18.3 Å². The largest absolute Gasteiger partial charge is 0.397 e. The number of benzene rings is 1. The van der Waals surface area contributed by atoms with E-state index < -0.39 is 0 Å². The number of H-pyrrole nitrogens is 1. The van der Waals surface area contributed by atoms with E-state index in [0.29, 0.717) is 0 Å². The van der Waals surface area contributed by atoms with Gasteiger partial charge in [-0.2, -0.15) is 16.9 Å². The van der Waals surface area contributed by atoms with Crippen LogP contribution in [0.2, 0.25) is 0 Å². The van der Waals surface area contributed by atoms with Gasteiger partial charge in [-0.3, -0.25) is 5.10 Å². The molecule has 0 saturated carbocycles. The van der Waals surface area contributed by atoms with Crippen molar-refractivity contribution < 1.29 is 0 Å². The zero-order chi connectivity index (χ0) is 12.5. The predicted molar refractivity (Wildman–Crippen MR) is 76.6 cm³/mol. The number of nitrogens with zero attached hydrogens (tertiary/aromatic N) is 1. The Morgan fingerprint density at radius 3 is 2.94 bits per heavy atom. The molecular formula is C12H18N4S. The van der Waals surface area contributed by atoms with Crippen molar-refractivity contribution in [2.24, 2.45) is 0 Å². The minimum absolute atomic E-state index is 0.190. The number of hydrogen-bond donors (Lipinski definition) is 3. The van der Waals surface area contributed by atoms with Gasteiger partial charge in [0, 0.05) is 16.7 Å². The van der Waals surface area contributed by atoms with Crippen LogP contribution in [0.5, 0.6) is 0 Å². The van der Waals surface area contributed by atoms with E-state index in [0.717, 1.165) is 28.8 Å². The molecule has 5 heteroatoms. The number of nitrogens with two attached hydrogens (primary N) is 1. The van der Waals surface area contributed by atoms with Crippen molar-refractivity contribution in [1.82, 2.24) is 10.2 Å². The summed E-state index contributed by atoms with van der Waals surface area (Å²) in [5.74, 6) is 0. The molecule has 0 radical (unpaired) electrons. The van der Waals surface area contributed by atoms with E-state index in [-0.39, 0.29) is 4.75 Å². The highest BCUT2D eigenvalue weighted by Crippen LogP contribution is 2.27. The van der Waals surface area contributed by atoms with Crippen LogP contribution in [0.4, 0.5) is 11.4 Å². The summed E-state index contributed by atoms with van der Waals surface area (Å²) in [4.78, 5) is 0. The number of anilines is 2. The van der Waals surface area contributed by atoms with Gasteiger partial charge in [-0.15, -0.1) is 0 Å². The van der Waals surface area contributed by atoms with E-state index in [1.165, 1.54) is 0 Å². The van der Waals surface area contributed by atoms with Gasteiger partial charge in [-0.25, -0.2) is 0 Å². The van der Waals surface area contributed by atoms with Crippen LogP contribution in [-0.4, -0.2) is 27.7 Å². The van der Waals surface area contributed by atoms with Crippen LogP contribution in [0.1, 0.15) is 13.8 Å². The molecule has 1 aromatic carbocycles. The Morgan fingerprint density at radius 2 is 2.24 bits per heavy atom. The minimum atomic E-state index is 0.190. The van der Waals surface area contributed by atoms with E-state index >= 15 is 0 Å². The zero-order valence-corrected chi connectivity index (χ0v) is 11.2. The second kappa shape index (κ2) is 4.49. The summed E-state index contributed by atoms with van der Waals surface area (Å²) in [7, 11) is 0. The summed E-state index contributed by atoms with van der Waals surface area (Å²) in [6, 6.07) is 3.95. The normalized spacial score (nSPS) is 11.9. The first kappa shape index (κ1) is 12.1. The molecule has 4 N–H and O–H groups in total. The Morgan fingerprint density at radius 1 is 1.47 bits per heavy atom. The van der Waals surface area contributed by atoms with Crippen molar-refractivity contribution in [2.75, 3.05) is 23.9 Å². The highest BCUT2D eigenvalue weighted by Gasteiger charge is 2.16. The molecule has 0 fully saturated rings. The van der Waals surface area contributed by atoms with E-state index in [1.807, 2.05) is 23.9 Å². The molecule has 0 spiro atoms. The lowest BCUT2D eigenvalue weighted by Gasteiger charge is -2.23. The summed E-state index contributed by atoms with van der Waals surface area (Å²) < 4.78 is 0.190. The van der Waals surface area contributed by atoms with Gasteiger partial charge in [0.25, 0.3) is 0 Å². The standard InChI is InChI=1S/C12H18N4S/c1-12(2,17-3)7-14-11-5-10-8(4-9(11)13)6-15-16-10/h4-6,14H,7,13H2,1-3H3,(H,15,16). The Kier molecular flexibility index (Phi) is 3.19. The fourth-order valence-electron chi connectivity index (χ4n) is 1.54. The fourth-order valence-corrected chi connectivity index (χ4v) is 1.76. The Labute approximate surface area is 105 Å². The second-order valence-electron chi connectivity index (χ2n) is 4.71. The Balaban J connectivity index is 2.20. The number of nitrogen functional groups attached to an aromatic ring is 1. The molecular weight excluding hydrogens is 232 g/mol. The summed E-state index contributed by atoms with van der Waals surface area (Å²) in [5, 5.41) is 11.4. The molecule has 0 aliphatic rings. The number of aromatic nitrogens is 2. The van der Waals surface area contributed by atoms with Crippen molar-refractivity contribution in [2.45, 2.75) is 18.6 Å². The summed E-state index contributed by atoms with van der Waals surface area (Å²) >= 11 is 1.83. The second-order valence-corrected chi connectivity index (χ2v) is 6.23. The first-order chi connectivity index (χ1) is 8.02. The molecule has 0 amide bonds. The van der Waals surface area contributed by atoms with Crippen LogP contribution in [0.3, 0.4) is 0 Å². The lowest BCUT2D eigenvalue weighted by molar-refractivity contribution is 0.753. The summed E-state index contributed by atoms with van der Waals surface area (Å²) in [6.45, 7) is 5.28. The molecule has 1 heterocycles. The number of nitrogens with one attached hydrogen (secondary N) is 2. The topological polar surface area (TPSA) is 66.7 Å². The smallest absolute Gasteiger partial charge is 0.0672 e. The molecule has 92 valence electrons. The third-order valence-corrected chi connectivity index (χ3v) is 4.12. The molecule has 2 aromatic rings. The molecule has 0 saturated heterocycles. The molecule has 4 nitrogen and oxygen atoms in total. The quantitative estimate of drug-likeness (QED) is 0.730. The monoisotopic (exact) mass is 250 g/mol. The number of fused-ring (bicyclic) bond motifs is 1. The number of hydrogen-bond acceptors (Lipinski definition) is 4. The van der Waals surface area contributed by atoms with Gasteiger partial charge in [-0.1, -0.05) is 0 Å². The van der Waals surface area contributed by atoms with Gasteiger partial charge in [0.05, 0.1) is 23.1 Å². The fraction of sp³-hybridized carbons (Fsp3) is 0.417. The van der Waals surface area contributed by atoms with Gasteiger partial charge < -0.3 is 11.1 Å². The first-order valence-electron chi connectivity index (χ1n) is 5.53. The van der Waals surface area contributed by atoms with E-state index in [2.05, 4.69) is 35.6 Å². The SMILES string of the molecule is CSC(C)(C)CNc1cc2[nH]ncc2cc1N. The summed E-state index contributed by atoms with van der Waals surface area (Å²) in [6.07, 6.45) is 3.89. The van der Waals surface area contributed by atoms with Crippen LogP contribution < -0.4 is 11.1 Å².